The molecule has 1 aromatic carbocycles. The van der Waals surface area contributed by atoms with E-state index in [4.69, 9.17) is 4.74 Å². The normalized spacial score (nSPS) is 14.7. The number of fused-ring (bicyclic) bond motifs is 1. The molecule has 0 unspecified atom stereocenters. The van der Waals surface area contributed by atoms with E-state index in [1.54, 1.807) is 6.92 Å². The van der Waals surface area contributed by atoms with Crippen LogP contribution >= 0.6 is 0 Å². The number of aromatic amines is 2. The fourth-order valence-corrected chi connectivity index (χ4v) is 4.31. The SMILES string of the molecule is COc1cc(-c2cc3[nH]c(C(F)(F)F)nc3c(NS(C)(=O)=O)c2CC2CC2)c(C)[nH]c1=O. The first-order valence-electron chi connectivity index (χ1n) is 9.76. The lowest BCUT2D eigenvalue weighted by molar-refractivity contribution is -0.144. The number of H-pyrrole nitrogens is 2. The van der Waals surface area contributed by atoms with Gasteiger partial charge < -0.3 is 14.7 Å². The number of aryl methyl sites for hydroxylation is 1. The van der Waals surface area contributed by atoms with Crippen LogP contribution in [-0.2, 0) is 22.6 Å². The van der Waals surface area contributed by atoms with Crippen molar-refractivity contribution in [3.05, 3.63) is 39.6 Å². The molecule has 0 bridgehead atoms. The lowest BCUT2D eigenvalue weighted by atomic mass is 9.93. The number of hydrogen-bond acceptors (Lipinski definition) is 5. The molecule has 0 saturated heterocycles. The van der Waals surface area contributed by atoms with Gasteiger partial charge in [-0.05, 0) is 55.4 Å². The van der Waals surface area contributed by atoms with Crippen LogP contribution in [0.3, 0.4) is 0 Å². The number of nitrogens with zero attached hydrogens (tertiary/aromatic N) is 1. The number of halogens is 3. The van der Waals surface area contributed by atoms with Crippen LogP contribution in [0.25, 0.3) is 22.2 Å². The van der Waals surface area contributed by atoms with Crippen LogP contribution < -0.4 is 15.0 Å². The third-order valence-electron chi connectivity index (χ3n) is 5.34. The molecule has 3 aromatic rings. The second-order valence-corrected chi connectivity index (χ2v) is 9.73. The Kier molecular flexibility index (Phi) is 5.23. The van der Waals surface area contributed by atoms with E-state index in [1.807, 2.05) is 0 Å². The Morgan fingerprint density at radius 1 is 1.22 bits per heavy atom. The Hall–Kier alpha value is -3.02. The van der Waals surface area contributed by atoms with Crippen LogP contribution in [0.1, 0.15) is 29.9 Å². The van der Waals surface area contributed by atoms with Gasteiger partial charge in [0, 0.05) is 11.3 Å². The predicted molar refractivity (Wildman–Crippen MR) is 113 cm³/mol. The van der Waals surface area contributed by atoms with Crippen molar-refractivity contribution in [3.63, 3.8) is 0 Å². The second kappa shape index (κ2) is 7.54. The Bertz CT molecular complexity index is 1370. The molecule has 2 aromatic heterocycles. The quantitative estimate of drug-likeness (QED) is 0.509. The maximum atomic E-state index is 13.4. The molecule has 0 amide bonds. The molecule has 0 atom stereocenters. The minimum absolute atomic E-state index is 0.00298. The second-order valence-electron chi connectivity index (χ2n) is 7.98. The van der Waals surface area contributed by atoms with Crippen molar-refractivity contribution in [1.82, 2.24) is 15.0 Å². The van der Waals surface area contributed by atoms with Crippen molar-refractivity contribution in [2.75, 3.05) is 18.1 Å². The van der Waals surface area contributed by atoms with E-state index in [9.17, 15) is 26.4 Å². The zero-order valence-corrected chi connectivity index (χ0v) is 18.3. The first kappa shape index (κ1) is 22.2. The largest absolute Gasteiger partial charge is 0.491 e. The maximum Gasteiger partial charge on any atom is 0.449 e. The van der Waals surface area contributed by atoms with E-state index >= 15 is 0 Å². The lowest BCUT2D eigenvalue weighted by Gasteiger charge is -2.18. The van der Waals surface area contributed by atoms with Crippen LogP contribution in [0, 0.1) is 12.8 Å². The molecule has 32 heavy (non-hydrogen) atoms. The topological polar surface area (TPSA) is 117 Å². The number of sulfonamides is 1. The highest BCUT2D eigenvalue weighted by Gasteiger charge is 2.36. The molecule has 0 aliphatic heterocycles. The number of alkyl halides is 3. The molecule has 0 radical (unpaired) electrons. The van der Waals surface area contributed by atoms with Crippen LogP contribution in [0.4, 0.5) is 18.9 Å². The molecule has 12 heteroatoms. The molecule has 1 fully saturated rings. The summed E-state index contributed by atoms with van der Waals surface area (Å²) in [4.78, 5) is 20.7. The van der Waals surface area contributed by atoms with E-state index in [-0.39, 0.29) is 28.4 Å². The molecular formula is C20H21F3N4O4S. The molecule has 1 aliphatic rings. The number of imidazole rings is 1. The number of anilines is 1. The van der Waals surface area contributed by atoms with Crippen LogP contribution in [-0.4, -0.2) is 36.7 Å². The standard InChI is InChI=1S/C20H21F3N4O4S/c1-9-11(8-15(31-2)18(28)24-9)12-7-14-17(26-19(25-14)20(21,22)23)16(27-32(3,29)30)13(12)6-10-4-5-10/h7-8,10,27H,4-6H2,1-3H3,(H,24,28)(H,25,26). The lowest BCUT2D eigenvalue weighted by Crippen LogP contribution is -2.14. The average Bonchev–Trinajstić information content (AvgIpc) is 3.37. The molecule has 3 N–H and O–H groups in total. The van der Waals surface area contributed by atoms with Crippen LogP contribution in [0.15, 0.2) is 16.9 Å². The van der Waals surface area contributed by atoms with Crippen molar-refractivity contribution in [2.45, 2.75) is 32.4 Å². The third kappa shape index (κ3) is 4.31. The van der Waals surface area contributed by atoms with Crippen molar-refractivity contribution >= 4 is 26.7 Å². The van der Waals surface area contributed by atoms with E-state index in [0.717, 1.165) is 19.1 Å². The van der Waals surface area contributed by atoms with Gasteiger partial charge in [-0.15, -0.1) is 0 Å². The number of methoxy groups -OCH3 is 1. The minimum atomic E-state index is -4.74. The number of nitrogens with one attached hydrogen (secondary N) is 3. The molecule has 1 aliphatic carbocycles. The zero-order chi connectivity index (χ0) is 23.4. The zero-order valence-electron chi connectivity index (χ0n) is 17.5. The number of hydrogen-bond donors (Lipinski definition) is 3. The average molecular weight is 470 g/mol. The highest BCUT2D eigenvalue weighted by Crippen LogP contribution is 2.43. The van der Waals surface area contributed by atoms with E-state index in [2.05, 4.69) is 19.7 Å². The van der Waals surface area contributed by atoms with Gasteiger partial charge in [0.2, 0.25) is 15.8 Å². The Labute approximate surface area is 181 Å². The highest BCUT2D eigenvalue weighted by molar-refractivity contribution is 7.92. The van der Waals surface area contributed by atoms with Gasteiger partial charge in [-0.2, -0.15) is 13.2 Å². The van der Waals surface area contributed by atoms with Gasteiger partial charge in [0.15, 0.2) is 5.75 Å². The van der Waals surface area contributed by atoms with Gasteiger partial charge >= 0.3 is 6.18 Å². The fraction of sp³-hybridized carbons (Fsp3) is 0.400. The van der Waals surface area contributed by atoms with Gasteiger partial charge in [-0.1, -0.05) is 0 Å². The summed E-state index contributed by atoms with van der Waals surface area (Å²) in [5.41, 5.74) is 1.44. The van der Waals surface area contributed by atoms with Crippen molar-refractivity contribution in [3.8, 4) is 16.9 Å². The highest BCUT2D eigenvalue weighted by atomic mass is 32.2. The van der Waals surface area contributed by atoms with Gasteiger partial charge in [0.1, 0.15) is 5.52 Å². The number of aromatic nitrogens is 3. The summed E-state index contributed by atoms with van der Waals surface area (Å²) in [6.45, 7) is 1.65. The Morgan fingerprint density at radius 2 is 1.91 bits per heavy atom. The van der Waals surface area contributed by atoms with Gasteiger partial charge in [0.25, 0.3) is 5.56 Å². The summed E-state index contributed by atoms with van der Waals surface area (Å²) >= 11 is 0. The molecular weight excluding hydrogens is 449 g/mol. The fourth-order valence-electron chi connectivity index (χ4n) is 3.72. The Balaban J connectivity index is 2.09. The summed E-state index contributed by atoms with van der Waals surface area (Å²) in [5, 5.41) is 0. The number of pyridine rings is 1. The number of benzene rings is 1. The van der Waals surface area contributed by atoms with E-state index in [1.165, 1.54) is 19.2 Å². The van der Waals surface area contributed by atoms with Gasteiger partial charge in [-0.25, -0.2) is 13.4 Å². The first-order chi connectivity index (χ1) is 14.9. The van der Waals surface area contributed by atoms with Gasteiger partial charge in [-0.3, -0.25) is 9.52 Å². The van der Waals surface area contributed by atoms with Crippen LogP contribution in [0.5, 0.6) is 5.75 Å². The maximum absolute atomic E-state index is 13.4. The number of rotatable bonds is 6. The molecule has 172 valence electrons. The Morgan fingerprint density at radius 3 is 2.47 bits per heavy atom. The summed E-state index contributed by atoms with van der Waals surface area (Å²) in [6.07, 6.45) is -1.51. The summed E-state index contributed by atoms with van der Waals surface area (Å²) in [7, 11) is -2.50. The van der Waals surface area contributed by atoms with Crippen LogP contribution in [0.2, 0.25) is 0 Å². The summed E-state index contributed by atoms with van der Waals surface area (Å²) in [6, 6.07) is 3.00. The summed E-state index contributed by atoms with van der Waals surface area (Å²) in [5.74, 6) is -0.923. The minimum Gasteiger partial charge on any atom is -0.491 e. The first-order valence-corrected chi connectivity index (χ1v) is 11.7. The number of ether oxygens (including phenoxy) is 1. The molecule has 1 saturated carbocycles. The smallest absolute Gasteiger partial charge is 0.449 e. The predicted octanol–water partition coefficient (Wildman–Crippen LogP) is 3.58. The van der Waals surface area contributed by atoms with Crippen molar-refractivity contribution in [1.29, 1.82) is 0 Å². The van der Waals surface area contributed by atoms with E-state index < -0.39 is 27.6 Å². The van der Waals surface area contributed by atoms with Crippen molar-refractivity contribution < 1.29 is 26.3 Å². The molecule has 2 heterocycles. The van der Waals surface area contributed by atoms with Gasteiger partial charge in [0.05, 0.1) is 24.6 Å². The molecule has 0 spiro atoms. The molecule has 8 nitrogen and oxygen atoms in total. The monoisotopic (exact) mass is 470 g/mol. The van der Waals surface area contributed by atoms with E-state index in [0.29, 0.717) is 28.8 Å². The van der Waals surface area contributed by atoms with Crippen molar-refractivity contribution in [2.24, 2.45) is 5.92 Å². The third-order valence-corrected chi connectivity index (χ3v) is 5.92. The summed E-state index contributed by atoms with van der Waals surface area (Å²) < 4.78 is 71.8. The molecule has 4 rings (SSSR count).